The first kappa shape index (κ1) is 25.2. The number of esters is 1. The Kier molecular flexibility index (Phi) is 8.76. The van der Waals surface area contributed by atoms with Gasteiger partial charge in [0.15, 0.2) is 0 Å². The van der Waals surface area contributed by atoms with Crippen molar-refractivity contribution in [1.82, 2.24) is 14.9 Å². The van der Waals surface area contributed by atoms with E-state index in [1.165, 1.54) is 19.5 Å². The molecule has 3 aromatic rings. The van der Waals surface area contributed by atoms with Gasteiger partial charge in [0.25, 0.3) is 0 Å². The van der Waals surface area contributed by atoms with E-state index in [1.807, 2.05) is 24.3 Å². The number of fused-ring (bicyclic) bond motifs is 1. The Morgan fingerprint density at radius 2 is 2.06 bits per heavy atom. The Morgan fingerprint density at radius 1 is 1.23 bits per heavy atom. The predicted molar refractivity (Wildman–Crippen MR) is 136 cm³/mol. The second-order valence-corrected chi connectivity index (χ2v) is 7.54. The molecule has 0 aliphatic rings. The van der Waals surface area contributed by atoms with E-state index < -0.39 is 0 Å². The second kappa shape index (κ2) is 12.2. The van der Waals surface area contributed by atoms with Crippen molar-refractivity contribution in [3.8, 4) is 18.1 Å². The molecule has 2 aromatic carbocycles. The van der Waals surface area contributed by atoms with E-state index in [1.54, 1.807) is 37.1 Å². The second-order valence-electron chi connectivity index (χ2n) is 7.54. The Hall–Kier alpha value is -4.42. The fourth-order valence-electron chi connectivity index (χ4n) is 3.28. The van der Waals surface area contributed by atoms with Gasteiger partial charge in [-0.1, -0.05) is 18.1 Å². The molecule has 3 rings (SSSR count). The smallest absolute Gasteiger partial charge is 0.320 e. The van der Waals surface area contributed by atoms with Crippen molar-refractivity contribution >= 4 is 40.0 Å². The van der Waals surface area contributed by atoms with Gasteiger partial charge in [0.2, 0.25) is 5.91 Å². The van der Waals surface area contributed by atoms with E-state index in [-0.39, 0.29) is 18.4 Å². The van der Waals surface area contributed by atoms with Crippen LogP contribution in [0.5, 0.6) is 5.75 Å². The Balaban J connectivity index is 1.77. The van der Waals surface area contributed by atoms with Gasteiger partial charge in [-0.2, -0.15) is 0 Å². The molecular weight excluding hydrogens is 446 g/mol. The van der Waals surface area contributed by atoms with Gasteiger partial charge < -0.3 is 20.1 Å². The van der Waals surface area contributed by atoms with Crippen LogP contribution >= 0.6 is 0 Å². The number of benzene rings is 2. The molecular formula is C26H27N5O4. The first-order valence-electron chi connectivity index (χ1n) is 10.9. The van der Waals surface area contributed by atoms with Crippen LogP contribution in [0.2, 0.25) is 0 Å². The van der Waals surface area contributed by atoms with Gasteiger partial charge in [-0.3, -0.25) is 14.5 Å². The van der Waals surface area contributed by atoms with Crippen LogP contribution in [-0.4, -0.2) is 60.6 Å². The Bertz CT molecular complexity index is 1280. The third kappa shape index (κ3) is 7.03. The number of carbonyl (C=O) groups is 2. The molecule has 0 bridgehead atoms. The number of likely N-dealkylation sites (N-methyl/N-ethyl adjacent to an activating group) is 1. The number of aromatic nitrogens is 2. The van der Waals surface area contributed by atoms with Crippen molar-refractivity contribution in [3.63, 3.8) is 0 Å². The molecule has 1 heterocycles. The van der Waals surface area contributed by atoms with Crippen molar-refractivity contribution in [2.24, 2.45) is 0 Å². The number of terminal acetylenes is 1. The third-order valence-corrected chi connectivity index (χ3v) is 4.90. The molecule has 35 heavy (non-hydrogen) atoms. The molecule has 9 heteroatoms. The molecule has 0 aliphatic heterocycles. The Morgan fingerprint density at radius 3 is 2.80 bits per heavy atom. The van der Waals surface area contributed by atoms with Crippen molar-refractivity contribution in [2.75, 3.05) is 44.5 Å². The van der Waals surface area contributed by atoms with Gasteiger partial charge in [-0.15, -0.1) is 6.42 Å². The lowest BCUT2D eigenvalue weighted by atomic mass is 10.1. The van der Waals surface area contributed by atoms with Crippen LogP contribution in [0.15, 0.2) is 54.9 Å². The normalized spacial score (nSPS) is 10.8. The van der Waals surface area contributed by atoms with Crippen molar-refractivity contribution in [3.05, 3.63) is 60.4 Å². The number of rotatable bonds is 10. The molecule has 0 fully saturated rings. The van der Waals surface area contributed by atoms with Gasteiger partial charge in [-0.25, -0.2) is 9.97 Å². The van der Waals surface area contributed by atoms with E-state index in [2.05, 4.69) is 26.5 Å². The van der Waals surface area contributed by atoms with Gasteiger partial charge in [-0.05, 0) is 38.2 Å². The molecule has 0 saturated heterocycles. The van der Waals surface area contributed by atoms with Crippen LogP contribution in [0, 0.1) is 12.3 Å². The number of ether oxygens (including phenoxy) is 2. The van der Waals surface area contributed by atoms with Crippen LogP contribution in [0.3, 0.4) is 0 Å². The molecule has 2 N–H and O–H groups in total. The maximum Gasteiger partial charge on any atom is 0.320 e. The number of methoxy groups -OCH3 is 1. The summed E-state index contributed by atoms with van der Waals surface area (Å²) in [7, 11) is 3.28. The molecule has 0 unspecified atom stereocenters. The monoisotopic (exact) mass is 473 g/mol. The van der Waals surface area contributed by atoms with Crippen molar-refractivity contribution < 1.29 is 19.1 Å². The summed E-state index contributed by atoms with van der Waals surface area (Å²) in [4.78, 5) is 34.5. The van der Waals surface area contributed by atoms with Crippen LogP contribution < -0.4 is 15.4 Å². The summed E-state index contributed by atoms with van der Waals surface area (Å²) in [6.07, 6.45) is 10.0. The fourth-order valence-corrected chi connectivity index (χ4v) is 3.28. The fraction of sp³-hybridized carbons (Fsp3) is 0.231. The van der Waals surface area contributed by atoms with Gasteiger partial charge >= 0.3 is 5.97 Å². The molecule has 1 aromatic heterocycles. The van der Waals surface area contributed by atoms with E-state index in [4.69, 9.17) is 15.9 Å². The van der Waals surface area contributed by atoms with Gasteiger partial charge in [0.1, 0.15) is 17.9 Å². The van der Waals surface area contributed by atoms with E-state index in [0.29, 0.717) is 41.3 Å². The van der Waals surface area contributed by atoms with Crippen LogP contribution in [0.4, 0.5) is 17.2 Å². The molecule has 1 amide bonds. The summed E-state index contributed by atoms with van der Waals surface area (Å²) in [5, 5.41) is 6.77. The highest BCUT2D eigenvalue weighted by Gasteiger charge is 2.13. The maximum atomic E-state index is 12.5. The molecule has 180 valence electrons. The van der Waals surface area contributed by atoms with Crippen LogP contribution in [-0.2, 0) is 14.3 Å². The summed E-state index contributed by atoms with van der Waals surface area (Å²) < 4.78 is 10.4. The third-order valence-electron chi connectivity index (χ3n) is 4.90. The topological polar surface area (TPSA) is 106 Å². The van der Waals surface area contributed by atoms with Crippen LogP contribution in [0.1, 0.15) is 12.5 Å². The van der Waals surface area contributed by atoms with E-state index in [0.717, 1.165) is 11.3 Å². The highest BCUT2D eigenvalue weighted by molar-refractivity contribution is 6.03. The summed E-state index contributed by atoms with van der Waals surface area (Å²) in [6, 6.07) is 10.9. The summed E-state index contributed by atoms with van der Waals surface area (Å²) in [6.45, 7) is 2.63. The highest BCUT2D eigenvalue weighted by atomic mass is 16.5. The minimum absolute atomic E-state index is 0.137. The first-order valence-corrected chi connectivity index (χ1v) is 10.9. The minimum atomic E-state index is -0.347. The average molecular weight is 474 g/mol. The van der Waals surface area contributed by atoms with Gasteiger partial charge in [0.05, 0.1) is 31.5 Å². The number of nitrogens with zero attached hydrogens (tertiary/aromatic N) is 3. The first-order chi connectivity index (χ1) is 16.9. The van der Waals surface area contributed by atoms with Gasteiger partial charge in [0, 0.05) is 35.3 Å². The highest BCUT2D eigenvalue weighted by Crippen LogP contribution is 2.33. The SMILES string of the molecule is C#Cc1cccc(Nc2ncnc3cc(OC)c(NC(=O)C=CCN(C)CC(=O)OCC)cc23)c1. The van der Waals surface area contributed by atoms with Crippen LogP contribution in [0.25, 0.3) is 10.9 Å². The zero-order chi connectivity index (χ0) is 25.2. The largest absolute Gasteiger partial charge is 0.494 e. The molecule has 0 radical (unpaired) electrons. The van der Waals surface area contributed by atoms with E-state index in [9.17, 15) is 9.59 Å². The number of anilines is 3. The molecule has 0 atom stereocenters. The Labute approximate surface area is 204 Å². The standard InChI is InChI=1S/C26H27N5O4/c1-5-18-9-7-10-19(13-18)29-26-20-14-22(23(34-4)15-21(20)27-17-28-26)30-24(32)11-8-12-31(3)16-25(33)35-6-2/h1,7-11,13-15,17H,6,12,16H2,2-4H3,(H,30,32)(H,27,28,29). The zero-order valence-corrected chi connectivity index (χ0v) is 19.9. The number of nitrogens with one attached hydrogen (secondary N) is 2. The zero-order valence-electron chi connectivity index (χ0n) is 19.9. The summed E-state index contributed by atoms with van der Waals surface area (Å²) in [5.74, 6) is 2.96. The average Bonchev–Trinajstić information content (AvgIpc) is 2.84. The molecule has 0 saturated carbocycles. The van der Waals surface area contributed by atoms with E-state index >= 15 is 0 Å². The number of hydrogen-bond acceptors (Lipinski definition) is 8. The minimum Gasteiger partial charge on any atom is -0.494 e. The molecule has 0 spiro atoms. The number of amides is 1. The lowest BCUT2D eigenvalue weighted by Gasteiger charge is -2.14. The van der Waals surface area contributed by atoms with Crippen molar-refractivity contribution in [1.29, 1.82) is 0 Å². The predicted octanol–water partition coefficient (Wildman–Crippen LogP) is 3.35. The number of hydrogen-bond donors (Lipinski definition) is 2. The summed E-state index contributed by atoms with van der Waals surface area (Å²) in [5.41, 5.74) is 2.62. The summed E-state index contributed by atoms with van der Waals surface area (Å²) >= 11 is 0. The quantitative estimate of drug-likeness (QED) is 0.262. The maximum absolute atomic E-state index is 12.5. The lowest BCUT2D eigenvalue weighted by Crippen LogP contribution is -2.27. The lowest BCUT2D eigenvalue weighted by molar-refractivity contribution is -0.143. The van der Waals surface area contributed by atoms with Crippen molar-refractivity contribution in [2.45, 2.75) is 6.92 Å². The number of carbonyl (C=O) groups excluding carboxylic acids is 2. The molecule has 9 nitrogen and oxygen atoms in total. The molecule has 0 aliphatic carbocycles.